The Morgan fingerprint density at radius 2 is 2.14 bits per heavy atom. The zero-order valence-corrected chi connectivity index (χ0v) is 10.6. The lowest BCUT2D eigenvalue weighted by Crippen LogP contribution is -2.12. The predicted molar refractivity (Wildman–Crippen MR) is 64.8 cm³/mol. The molecular formula is C10H11ClINO. The van der Waals surface area contributed by atoms with Crippen LogP contribution in [0, 0.1) is 3.57 Å². The monoisotopic (exact) mass is 323 g/mol. The minimum absolute atomic E-state index is 0.318. The molecule has 14 heavy (non-hydrogen) atoms. The minimum atomic E-state index is 0.318. The van der Waals surface area contributed by atoms with Gasteiger partial charge in [-0.1, -0.05) is 11.6 Å². The Kier molecular flexibility index (Phi) is 3.49. The first-order valence-corrected chi connectivity index (χ1v) is 6.19. The van der Waals surface area contributed by atoms with Gasteiger partial charge in [0.05, 0.1) is 0 Å². The van der Waals surface area contributed by atoms with Crippen LogP contribution in [-0.4, -0.2) is 11.1 Å². The van der Waals surface area contributed by atoms with Crippen LogP contribution in [0.1, 0.15) is 25.7 Å². The van der Waals surface area contributed by atoms with Gasteiger partial charge < -0.3 is 4.74 Å². The molecule has 4 heteroatoms. The first-order chi connectivity index (χ1) is 6.77. The van der Waals surface area contributed by atoms with E-state index in [4.69, 9.17) is 16.3 Å². The van der Waals surface area contributed by atoms with Gasteiger partial charge in [-0.3, -0.25) is 0 Å². The van der Waals surface area contributed by atoms with Crippen molar-refractivity contribution in [1.29, 1.82) is 0 Å². The maximum absolute atomic E-state index is 6.08. The lowest BCUT2D eigenvalue weighted by atomic mass is 10.3. The zero-order valence-electron chi connectivity index (χ0n) is 7.67. The molecule has 1 aromatic rings. The average Bonchev–Trinajstić information content (AvgIpc) is 2.66. The van der Waals surface area contributed by atoms with Gasteiger partial charge in [0.15, 0.2) is 0 Å². The largest absolute Gasteiger partial charge is 0.473 e. The van der Waals surface area contributed by atoms with Gasteiger partial charge >= 0.3 is 0 Å². The van der Waals surface area contributed by atoms with Gasteiger partial charge in [0, 0.05) is 9.77 Å². The van der Waals surface area contributed by atoms with Gasteiger partial charge in [0.2, 0.25) is 5.88 Å². The summed E-state index contributed by atoms with van der Waals surface area (Å²) in [5.41, 5.74) is 0. The molecule has 0 amide bonds. The van der Waals surface area contributed by atoms with Gasteiger partial charge in [-0.2, -0.15) is 0 Å². The van der Waals surface area contributed by atoms with Gasteiger partial charge in [-0.25, -0.2) is 4.98 Å². The Hall–Kier alpha value is -0.0300. The van der Waals surface area contributed by atoms with Crippen LogP contribution < -0.4 is 4.74 Å². The van der Waals surface area contributed by atoms with E-state index in [1.54, 1.807) is 6.20 Å². The number of rotatable bonds is 2. The second-order valence-electron chi connectivity index (χ2n) is 3.44. The SMILES string of the molecule is Clc1c(I)ccnc1OC1CCCC1. The summed E-state index contributed by atoms with van der Waals surface area (Å²) in [7, 11) is 0. The average molecular weight is 324 g/mol. The summed E-state index contributed by atoms with van der Waals surface area (Å²) in [6.45, 7) is 0. The molecule has 1 saturated carbocycles. The summed E-state index contributed by atoms with van der Waals surface area (Å²) in [5, 5.41) is 0.639. The van der Waals surface area contributed by atoms with Crippen molar-refractivity contribution in [1.82, 2.24) is 4.98 Å². The number of pyridine rings is 1. The Bertz CT molecular complexity index is 326. The summed E-state index contributed by atoms with van der Waals surface area (Å²) < 4.78 is 6.73. The minimum Gasteiger partial charge on any atom is -0.473 e. The van der Waals surface area contributed by atoms with Crippen LogP contribution in [0.4, 0.5) is 0 Å². The van der Waals surface area contributed by atoms with E-state index in [2.05, 4.69) is 27.6 Å². The molecule has 2 nitrogen and oxygen atoms in total. The second-order valence-corrected chi connectivity index (χ2v) is 4.98. The Labute approximate surface area is 102 Å². The molecular weight excluding hydrogens is 312 g/mol. The first kappa shape index (κ1) is 10.5. The molecule has 0 atom stereocenters. The molecule has 1 heterocycles. The van der Waals surface area contributed by atoms with E-state index in [1.807, 2.05) is 6.07 Å². The van der Waals surface area contributed by atoms with Crippen molar-refractivity contribution in [2.75, 3.05) is 0 Å². The Morgan fingerprint density at radius 3 is 2.86 bits per heavy atom. The van der Waals surface area contributed by atoms with Crippen molar-refractivity contribution < 1.29 is 4.74 Å². The molecule has 1 aromatic heterocycles. The molecule has 1 fully saturated rings. The number of ether oxygens (including phenoxy) is 1. The van der Waals surface area contributed by atoms with E-state index in [1.165, 1.54) is 12.8 Å². The molecule has 0 spiro atoms. The maximum Gasteiger partial charge on any atom is 0.233 e. The third-order valence-corrected chi connectivity index (χ3v) is 3.97. The van der Waals surface area contributed by atoms with E-state index in [-0.39, 0.29) is 0 Å². The van der Waals surface area contributed by atoms with E-state index >= 15 is 0 Å². The van der Waals surface area contributed by atoms with E-state index in [0.717, 1.165) is 16.4 Å². The third kappa shape index (κ3) is 2.31. The fourth-order valence-electron chi connectivity index (χ4n) is 1.65. The number of aromatic nitrogens is 1. The number of nitrogens with zero attached hydrogens (tertiary/aromatic N) is 1. The summed E-state index contributed by atoms with van der Waals surface area (Å²) >= 11 is 8.26. The number of halogens is 2. The molecule has 1 aliphatic carbocycles. The van der Waals surface area contributed by atoms with Crippen LogP contribution in [0.3, 0.4) is 0 Å². The summed E-state index contributed by atoms with van der Waals surface area (Å²) in [6, 6.07) is 1.88. The molecule has 1 aliphatic rings. The highest BCUT2D eigenvalue weighted by molar-refractivity contribution is 14.1. The van der Waals surface area contributed by atoms with E-state index in [9.17, 15) is 0 Å². The predicted octanol–water partition coefficient (Wildman–Crippen LogP) is 3.66. The lowest BCUT2D eigenvalue weighted by molar-refractivity contribution is 0.201. The fourth-order valence-corrected chi connectivity index (χ4v) is 2.20. The Balaban J connectivity index is 2.11. The summed E-state index contributed by atoms with van der Waals surface area (Å²) in [4.78, 5) is 4.14. The van der Waals surface area contributed by atoms with E-state index in [0.29, 0.717) is 17.0 Å². The summed E-state index contributed by atoms with van der Waals surface area (Å²) in [6.07, 6.45) is 6.82. The normalized spacial score (nSPS) is 17.3. The van der Waals surface area contributed by atoms with Gasteiger partial charge in [-0.15, -0.1) is 0 Å². The van der Waals surface area contributed by atoms with Crippen molar-refractivity contribution in [3.05, 3.63) is 20.9 Å². The quantitative estimate of drug-likeness (QED) is 0.775. The molecule has 0 bridgehead atoms. The van der Waals surface area contributed by atoms with Crippen molar-refractivity contribution in [2.24, 2.45) is 0 Å². The molecule has 0 radical (unpaired) electrons. The third-order valence-electron chi connectivity index (χ3n) is 2.39. The summed E-state index contributed by atoms with van der Waals surface area (Å²) in [5.74, 6) is 0.588. The maximum atomic E-state index is 6.08. The fraction of sp³-hybridized carbons (Fsp3) is 0.500. The van der Waals surface area contributed by atoms with E-state index < -0.39 is 0 Å². The van der Waals surface area contributed by atoms with Crippen LogP contribution in [0.2, 0.25) is 5.02 Å². The van der Waals surface area contributed by atoms with Crippen molar-refractivity contribution in [3.8, 4) is 5.88 Å². The van der Waals surface area contributed by atoms with Crippen molar-refractivity contribution in [2.45, 2.75) is 31.8 Å². The molecule has 2 rings (SSSR count). The zero-order chi connectivity index (χ0) is 9.97. The van der Waals surface area contributed by atoms with Crippen LogP contribution >= 0.6 is 34.2 Å². The van der Waals surface area contributed by atoms with Crippen LogP contribution in [0.5, 0.6) is 5.88 Å². The smallest absolute Gasteiger partial charge is 0.233 e. The molecule has 0 aliphatic heterocycles. The highest BCUT2D eigenvalue weighted by Crippen LogP contribution is 2.30. The van der Waals surface area contributed by atoms with Crippen LogP contribution in [0.15, 0.2) is 12.3 Å². The van der Waals surface area contributed by atoms with Crippen molar-refractivity contribution >= 4 is 34.2 Å². The first-order valence-electron chi connectivity index (χ1n) is 4.74. The topological polar surface area (TPSA) is 22.1 Å². The van der Waals surface area contributed by atoms with Gasteiger partial charge in [-0.05, 0) is 54.3 Å². The molecule has 76 valence electrons. The second kappa shape index (κ2) is 4.66. The van der Waals surface area contributed by atoms with Gasteiger partial charge in [0.25, 0.3) is 0 Å². The van der Waals surface area contributed by atoms with Crippen LogP contribution in [-0.2, 0) is 0 Å². The lowest BCUT2D eigenvalue weighted by Gasteiger charge is -2.13. The molecule has 0 N–H and O–H groups in total. The van der Waals surface area contributed by atoms with Crippen LogP contribution in [0.25, 0.3) is 0 Å². The number of hydrogen-bond donors (Lipinski definition) is 0. The van der Waals surface area contributed by atoms with Gasteiger partial charge in [0.1, 0.15) is 11.1 Å². The molecule has 0 saturated heterocycles. The van der Waals surface area contributed by atoms with Crippen molar-refractivity contribution in [3.63, 3.8) is 0 Å². The molecule has 0 aromatic carbocycles. The Morgan fingerprint density at radius 1 is 1.43 bits per heavy atom. The highest BCUT2D eigenvalue weighted by atomic mass is 127. The number of hydrogen-bond acceptors (Lipinski definition) is 2. The standard InChI is InChI=1S/C10H11ClINO/c11-9-8(12)5-6-13-10(9)14-7-3-1-2-4-7/h5-7H,1-4H2. The highest BCUT2D eigenvalue weighted by Gasteiger charge is 2.18. The molecule has 0 unspecified atom stereocenters.